The number of methoxy groups -OCH3 is 1. The summed E-state index contributed by atoms with van der Waals surface area (Å²) < 4.78 is 19.4. The van der Waals surface area contributed by atoms with E-state index in [1.165, 1.54) is 12.1 Å². The van der Waals surface area contributed by atoms with E-state index in [2.05, 4.69) is 16.8 Å². The van der Waals surface area contributed by atoms with Crippen LogP contribution in [0.4, 0.5) is 4.39 Å². The van der Waals surface area contributed by atoms with Gasteiger partial charge in [0.15, 0.2) is 5.82 Å². The predicted molar refractivity (Wildman–Crippen MR) is 111 cm³/mol. The molecule has 0 spiro atoms. The lowest BCUT2D eigenvalue weighted by molar-refractivity contribution is 0.419. The van der Waals surface area contributed by atoms with Crippen molar-refractivity contribution < 1.29 is 9.13 Å². The van der Waals surface area contributed by atoms with Gasteiger partial charge in [-0.1, -0.05) is 25.1 Å². The highest BCUT2D eigenvalue weighted by atomic mass is 19.1. The first-order valence-electron chi connectivity index (χ1n) is 9.16. The summed E-state index contributed by atoms with van der Waals surface area (Å²) in [6, 6.07) is 12.1. The zero-order valence-electron chi connectivity index (χ0n) is 16.1. The first-order chi connectivity index (χ1) is 14.1. The summed E-state index contributed by atoms with van der Waals surface area (Å²) in [5.74, 6) is 0.803. The maximum atomic E-state index is 13.8. The molecule has 0 aliphatic rings. The molecule has 0 radical (unpaired) electrons. The summed E-state index contributed by atoms with van der Waals surface area (Å²) in [6.45, 7) is 5.94. The van der Waals surface area contributed by atoms with Crippen LogP contribution in [0.3, 0.4) is 0 Å². The molecule has 0 N–H and O–H groups in total. The minimum absolute atomic E-state index is 0.0264. The normalized spacial score (nSPS) is 12.0. The quantitative estimate of drug-likeness (QED) is 0.442. The van der Waals surface area contributed by atoms with Gasteiger partial charge in [-0.25, -0.2) is 14.4 Å². The highest BCUT2D eigenvalue weighted by molar-refractivity contribution is 5.93. The third-order valence-electron chi connectivity index (χ3n) is 4.80. The fraction of sp³-hybridized carbons (Fsp3) is 0.130. The molecule has 1 atom stereocenters. The number of ether oxygens (including phenoxy) is 1. The van der Waals surface area contributed by atoms with Crippen molar-refractivity contribution in [1.82, 2.24) is 20.2 Å². The standard InChI is InChI=1S/C23H19FN4O/c1-4-14(2)21-19-11-17(15-6-5-7-18(24)10-15)12-20(29-3)22(19)28-23(27-21)16-8-9-25-26-13-16/h4-14H,1H2,2-3H3. The Kier molecular flexibility index (Phi) is 4.99. The van der Waals surface area contributed by atoms with E-state index in [1.807, 2.05) is 37.3 Å². The smallest absolute Gasteiger partial charge is 0.161 e. The Hall–Kier alpha value is -3.67. The number of nitrogens with zero attached hydrogens (tertiary/aromatic N) is 4. The van der Waals surface area contributed by atoms with Crippen molar-refractivity contribution in [2.45, 2.75) is 12.8 Å². The van der Waals surface area contributed by atoms with E-state index < -0.39 is 0 Å². The summed E-state index contributed by atoms with van der Waals surface area (Å²) in [5.41, 5.74) is 3.83. The molecule has 0 bridgehead atoms. The van der Waals surface area contributed by atoms with Gasteiger partial charge in [0, 0.05) is 16.9 Å². The third-order valence-corrected chi connectivity index (χ3v) is 4.80. The molecule has 1 unspecified atom stereocenters. The first-order valence-corrected chi connectivity index (χ1v) is 9.16. The summed E-state index contributed by atoms with van der Waals surface area (Å²) in [4.78, 5) is 9.52. The predicted octanol–water partition coefficient (Wildman–Crippen LogP) is 5.19. The number of hydrogen-bond donors (Lipinski definition) is 0. The number of allylic oxidation sites excluding steroid dienone is 1. The van der Waals surface area contributed by atoms with Crippen LogP contribution in [0.5, 0.6) is 5.75 Å². The Bertz CT molecular complexity index is 1190. The highest BCUT2D eigenvalue weighted by Gasteiger charge is 2.18. The molecule has 4 aromatic rings. The molecule has 29 heavy (non-hydrogen) atoms. The Balaban J connectivity index is 2.03. The molecule has 0 saturated heterocycles. The monoisotopic (exact) mass is 386 g/mol. The second-order valence-electron chi connectivity index (χ2n) is 6.67. The van der Waals surface area contributed by atoms with Gasteiger partial charge < -0.3 is 4.74 Å². The number of benzene rings is 2. The van der Waals surface area contributed by atoms with Crippen LogP contribution in [-0.2, 0) is 0 Å². The second kappa shape index (κ2) is 7.75. The largest absolute Gasteiger partial charge is 0.494 e. The van der Waals surface area contributed by atoms with Gasteiger partial charge in [-0.2, -0.15) is 10.2 Å². The summed E-state index contributed by atoms with van der Waals surface area (Å²) >= 11 is 0. The van der Waals surface area contributed by atoms with Crippen molar-refractivity contribution in [3.05, 3.63) is 79.0 Å². The Labute approximate surface area is 167 Å². The van der Waals surface area contributed by atoms with E-state index in [-0.39, 0.29) is 11.7 Å². The molecule has 2 heterocycles. The zero-order chi connectivity index (χ0) is 20.4. The van der Waals surface area contributed by atoms with Gasteiger partial charge >= 0.3 is 0 Å². The Morgan fingerprint density at radius 3 is 2.59 bits per heavy atom. The third kappa shape index (κ3) is 3.57. The first kappa shape index (κ1) is 18.7. The highest BCUT2D eigenvalue weighted by Crippen LogP contribution is 2.36. The van der Waals surface area contributed by atoms with Crippen molar-refractivity contribution in [2.24, 2.45) is 0 Å². The van der Waals surface area contributed by atoms with Gasteiger partial charge in [0.1, 0.15) is 17.1 Å². The molecular weight excluding hydrogens is 367 g/mol. The van der Waals surface area contributed by atoms with Gasteiger partial charge in [-0.3, -0.25) is 0 Å². The fourth-order valence-corrected chi connectivity index (χ4v) is 3.22. The molecule has 2 aromatic carbocycles. The van der Waals surface area contributed by atoms with E-state index in [0.717, 1.165) is 27.8 Å². The lowest BCUT2D eigenvalue weighted by Crippen LogP contribution is -2.03. The van der Waals surface area contributed by atoms with Gasteiger partial charge in [-0.05, 0) is 41.5 Å². The fourth-order valence-electron chi connectivity index (χ4n) is 3.22. The SMILES string of the molecule is C=CC(C)c1nc(-c2ccnnc2)nc2c(OC)cc(-c3cccc(F)c3)cc12. The van der Waals surface area contributed by atoms with E-state index in [1.54, 1.807) is 25.6 Å². The second-order valence-corrected chi connectivity index (χ2v) is 6.67. The lowest BCUT2D eigenvalue weighted by atomic mass is 9.97. The van der Waals surface area contributed by atoms with E-state index >= 15 is 0 Å². The van der Waals surface area contributed by atoms with E-state index in [4.69, 9.17) is 14.7 Å². The number of rotatable bonds is 5. The van der Waals surface area contributed by atoms with Crippen molar-refractivity contribution in [3.63, 3.8) is 0 Å². The number of hydrogen-bond acceptors (Lipinski definition) is 5. The van der Waals surface area contributed by atoms with Gasteiger partial charge in [0.2, 0.25) is 0 Å². The maximum Gasteiger partial charge on any atom is 0.161 e. The lowest BCUT2D eigenvalue weighted by Gasteiger charge is -2.15. The molecule has 144 valence electrons. The number of halogens is 1. The molecule has 5 nitrogen and oxygen atoms in total. The molecule has 6 heteroatoms. The summed E-state index contributed by atoms with van der Waals surface area (Å²) in [6.07, 6.45) is 5.05. The molecule has 4 rings (SSSR count). The van der Waals surface area contributed by atoms with Gasteiger partial charge in [-0.15, -0.1) is 6.58 Å². The van der Waals surface area contributed by atoms with E-state index in [9.17, 15) is 4.39 Å². The Morgan fingerprint density at radius 2 is 1.90 bits per heavy atom. The van der Waals surface area contributed by atoms with Crippen LogP contribution in [-0.4, -0.2) is 27.3 Å². The van der Waals surface area contributed by atoms with E-state index in [0.29, 0.717) is 17.1 Å². The minimum Gasteiger partial charge on any atom is -0.494 e. The molecule has 0 aliphatic heterocycles. The van der Waals surface area contributed by atoms with Crippen LogP contribution in [0.1, 0.15) is 18.5 Å². The molecule has 0 saturated carbocycles. The van der Waals surface area contributed by atoms with Crippen molar-refractivity contribution in [2.75, 3.05) is 7.11 Å². The topological polar surface area (TPSA) is 60.8 Å². The van der Waals surface area contributed by atoms with Crippen LogP contribution in [0.15, 0.2) is 67.5 Å². The molecular formula is C23H19FN4O. The van der Waals surface area contributed by atoms with Crippen molar-refractivity contribution in [1.29, 1.82) is 0 Å². The average Bonchev–Trinajstić information content (AvgIpc) is 2.77. The number of aromatic nitrogens is 4. The van der Waals surface area contributed by atoms with Crippen molar-refractivity contribution >= 4 is 10.9 Å². The van der Waals surface area contributed by atoms with Crippen LogP contribution in [0.2, 0.25) is 0 Å². The van der Waals surface area contributed by atoms with Crippen LogP contribution in [0, 0.1) is 5.82 Å². The molecule has 0 fully saturated rings. The zero-order valence-corrected chi connectivity index (χ0v) is 16.1. The van der Waals surface area contributed by atoms with Crippen LogP contribution in [0.25, 0.3) is 33.4 Å². The molecule has 0 aliphatic carbocycles. The Morgan fingerprint density at radius 1 is 1.03 bits per heavy atom. The minimum atomic E-state index is -0.293. The summed E-state index contributed by atoms with van der Waals surface area (Å²) in [5, 5.41) is 8.57. The molecule has 2 aromatic heterocycles. The van der Waals surface area contributed by atoms with Crippen LogP contribution < -0.4 is 4.74 Å². The van der Waals surface area contributed by atoms with Crippen LogP contribution >= 0.6 is 0 Å². The van der Waals surface area contributed by atoms with Crippen molar-refractivity contribution in [3.8, 4) is 28.3 Å². The average molecular weight is 386 g/mol. The maximum absolute atomic E-state index is 13.8. The number of fused-ring (bicyclic) bond motifs is 1. The molecule has 0 amide bonds. The van der Waals surface area contributed by atoms with Gasteiger partial charge in [0.05, 0.1) is 25.2 Å². The summed E-state index contributed by atoms with van der Waals surface area (Å²) in [7, 11) is 1.59. The van der Waals surface area contributed by atoms with Gasteiger partial charge in [0.25, 0.3) is 0 Å².